The quantitative estimate of drug-likeness (QED) is 0.210. The molecule has 5 nitrogen and oxygen atoms in total. The van der Waals surface area contributed by atoms with Gasteiger partial charge in [0.25, 0.3) is 0 Å². The lowest BCUT2D eigenvalue weighted by atomic mass is 10.1. The second-order valence-corrected chi connectivity index (χ2v) is 9.26. The lowest BCUT2D eigenvalue weighted by Gasteiger charge is -2.21. The topological polar surface area (TPSA) is 68.2 Å². The number of rotatable bonds is 4. The number of fused-ring (bicyclic) bond motifs is 2. The van der Waals surface area contributed by atoms with E-state index >= 15 is 0 Å². The first-order chi connectivity index (χ1) is 16.4. The summed E-state index contributed by atoms with van der Waals surface area (Å²) in [5, 5.41) is 5.69. The SMILES string of the molecule is CC(C)/N=c1\cc2n(-c3ccc(Cl)cc3)c3ccc(N)cc3nc-2cc1Nc1ccc(Cl)cc1. The molecule has 1 aliphatic carbocycles. The summed E-state index contributed by atoms with van der Waals surface area (Å²) < 4.78 is 2.17. The van der Waals surface area contributed by atoms with Crippen LogP contribution in [0.2, 0.25) is 10.0 Å². The van der Waals surface area contributed by atoms with Crippen molar-refractivity contribution in [3.8, 4) is 17.1 Å². The van der Waals surface area contributed by atoms with Gasteiger partial charge in [0.05, 0.1) is 33.5 Å². The van der Waals surface area contributed by atoms with E-state index in [4.69, 9.17) is 38.9 Å². The lowest BCUT2D eigenvalue weighted by molar-refractivity contribution is 0.806. The molecule has 0 radical (unpaired) electrons. The van der Waals surface area contributed by atoms with Crippen LogP contribution in [0.3, 0.4) is 0 Å². The number of hydrogen-bond donors (Lipinski definition) is 2. The molecule has 3 N–H and O–H groups in total. The zero-order valence-corrected chi connectivity index (χ0v) is 20.3. The van der Waals surface area contributed by atoms with Crippen molar-refractivity contribution in [2.75, 3.05) is 11.1 Å². The molecule has 1 heterocycles. The molecule has 5 rings (SSSR count). The highest BCUT2D eigenvalue weighted by Gasteiger charge is 2.17. The fourth-order valence-electron chi connectivity index (χ4n) is 3.96. The average molecular weight is 488 g/mol. The number of halogens is 2. The van der Waals surface area contributed by atoms with Gasteiger partial charge in [-0.15, -0.1) is 0 Å². The third-order valence-corrected chi connectivity index (χ3v) is 5.92. The summed E-state index contributed by atoms with van der Waals surface area (Å²) >= 11 is 12.2. The largest absolute Gasteiger partial charge is 0.399 e. The minimum absolute atomic E-state index is 0.111. The van der Waals surface area contributed by atoms with Crippen LogP contribution in [-0.4, -0.2) is 15.6 Å². The molecule has 2 aliphatic rings. The summed E-state index contributed by atoms with van der Waals surface area (Å²) in [6.45, 7) is 4.12. The Morgan fingerprint density at radius 3 is 2.24 bits per heavy atom. The first-order valence-electron chi connectivity index (χ1n) is 11.0. The van der Waals surface area contributed by atoms with Gasteiger partial charge in [-0.1, -0.05) is 23.2 Å². The van der Waals surface area contributed by atoms with E-state index in [1.165, 1.54) is 0 Å². The Bertz CT molecular complexity index is 1520. The normalized spacial score (nSPS) is 12.1. The van der Waals surface area contributed by atoms with Crippen molar-refractivity contribution in [2.45, 2.75) is 19.9 Å². The highest BCUT2D eigenvalue weighted by molar-refractivity contribution is 6.30. The standard InChI is InChI=1S/C27H23Cl2N5/c1-16(2)31-23-15-27-25(14-22(23)32-20-8-3-17(28)4-9-20)33-24-13-19(30)7-12-26(24)34(27)21-10-5-18(29)6-11-21/h3-16,32H,30H2,1-2H3/b31-23+. The van der Waals surface area contributed by atoms with Crippen molar-refractivity contribution < 1.29 is 0 Å². The van der Waals surface area contributed by atoms with E-state index in [0.29, 0.717) is 15.7 Å². The van der Waals surface area contributed by atoms with Crippen LogP contribution in [0.4, 0.5) is 17.1 Å². The maximum atomic E-state index is 6.18. The van der Waals surface area contributed by atoms with Gasteiger partial charge < -0.3 is 15.6 Å². The molecular weight excluding hydrogens is 465 g/mol. The predicted molar refractivity (Wildman–Crippen MR) is 143 cm³/mol. The first-order valence-corrected chi connectivity index (χ1v) is 11.7. The van der Waals surface area contributed by atoms with Crippen molar-refractivity contribution in [1.29, 1.82) is 0 Å². The van der Waals surface area contributed by atoms with Gasteiger partial charge in [0.2, 0.25) is 0 Å². The summed E-state index contributed by atoms with van der Waals surface area (Å²) in [5.41, 5.74) is 13.0. The summed E-state index contributed by atoms with van der Waals surface area (Å²) in [6.07, 6.45) is 0. The van der Waals surface area contributed by atoms with Gasteiger partial charge in [0.1, 0.15) is 0 Å². The van der Waals surface area contributed by atoms with Gasteiger partial charge in [0.15, 0.2) is 0 Å². The van der Waals surface area contributed by atoms with Crippen LogP contribution in [-0.2, 0) is 0 Å². The van der Waals surface area contributed by atoms with E-state index in [1.807, 2.05) is 72.8 Å². The highest BCUT2D eigenvalue weighted by atomic mass is 35.5. The van der Waals surface area contributed by atoms with Crippen LogP contribution in [0.5, 0.6) is 0 Å². The Labute approximate surface area is 207 Å². The van der Waals surface area contributed by atoms with Crippen LogP contribution in [0, 0.1) is 0 Å². The average Bonchev–Trinajstić information content (AvgIpc) is 2.80. The summed E-state index contributed by atoms with van der Waals surface area (Å²) in [6, 6.07) is 25.3. The number of nitrogens with one attached hydrogen (secondary N) is 1. The van der Waals surface area contributed by atoms with E-state index in [0.717, 1.165) is 44.8 Å². The molecular formula is C27H23Cl2N5. The smallest absolute Gasteiger partial charge is 0.0900 e. The van der Waals surface area contributed by atoms with E-state index in [1.54, 1.807) is 0 Å². The van der Waals surface area contributed by atoms with E-state index in [9.17, 15) is 0 Å². The van der Waals surface area contributed by atoms with Gasteiger partial charge >= 0.3 is 0 Å². The summed E-state index contributed by atoms with van der Waals surface area (Å²) in [4.78, 5) is 9.84. The fourth-order valence-corrected chi connectivity index (χ4v) is 4.21. The number of hydrogen-bond acceptors (Lipinski definition) is 4. The fraction of sp³-hybridized carbons (Fsp3) is 0.111. The summed E-state index contributed by atoms with van der Waals surface area (Å²) in [7, 11) is 0. The van der Waals surface area contributed by atoms with E-state index in [2.05, 4.69) is 29.8 Å². The first kappa shape index (κ1) is 22.3. The molecule has 170 valence electrons. The van der Waals surface area contributed by atoms with Crippen molar-refractivity contribution in [2.24, 2.45) is 4.99 Å². The van der Waals surface area contributed by atoms with Crippen LogP contribution < -0.4 is 16.4 Å². The number of nitrogens with two attached hydrogens (primary N) is 1. The van der Waals surface area contributed by atoms with Gasteiger partial charge in [-0.3, -0.25) is 4.99 Å². The Balaban J connectivity index is 1.82. The van der Waals surface area contributed by atoms with Crippen LogP contribution in [0.15, 0.2) is 83.9 Å². The van der Waals surface area contributed by atoms with Gasteiger partial charge in [0, 0.05) is 33.1 Å². The van der Waals surface area contributed by atoms with E-state index in [-0.39, 0.29) is 6.04 Å². The Morgan fingerprint density at radius 2 is 1.56 bits per heavy atom. The van der Waals surface area contributed by atoms with Gasteiger partial charge in [-0.25, -0.2) is 4.98 Å². The predicted octanol–water partition coefficient (Wildman–Crippen LogP) is 7.07. The van der Waals surface area contributed by atoms with Crippen molar-refractivity contribution in [3.05, 3.63) is 94.3 Å². The number of benzene rings is 4. The maximum Gasteiger partial charge on any atom is 0.0900 e. The minimum atomic E-state index is 0.111. The molecule has 3 aromatic carbocycles. The van der Waals surface area contributed by atoms with E-state index < -0.39 is 0 Å². The second-order valence-electron chi connectivity index (χ2n) is 8.38. The zero-order valence-electron chi connectivity index (χ0n) is 18.8. The van der Waals surface area contributed by atoms with Crippen molar-refractivity contribution in [1.82, 2.24) is 9.55 Å². The molecule has 34 heavy (non-hydrogen) atoms. The number of aromatic nitrogens is 2. The molecule has 0 saturated carbocycles. The molecule has 7 heteroatoms. The third kappa shape index (κ3) is 4.45. The molecule has 0 unspecified atom stereocenters. The third-order valence-electron chi connectivity index (χ3n) is 5.42. The lowest BCUT2D eigenvalue weighted by Crippen LogP contribution is -2.16. The Hall–Kier alpha value is -3.54. The van der Waals surface area contributed by atoms with Crippen LogP contribution in [0.25, 0.3) is 28.1 Å². The molecule has 0 saturated heterocycles. The van der Waals surface area contributed by atoms with Gasteiger partial charge in [-0.2, -0.15) is 0 Å². The Morgan fingerprint density at radius 1 is 0.882 bits per heavy atom. The number of nitrogen functional groups attached to an aromatic ring is 1. The maximum absolute atomic E-state index is 6.18. The summed E-state index contributed by atoms with van der Waals surface area (Å²) in [5.74, 6) is 0. The van der Waals surface area contributed by atoms with Crippen molar-refractivity contribution in [3.63, 3.8) is 0 Å². The molecule has 0 spiro atoms. The molecule has 3 aromatic rings. The van der Waals surface area contributed by atoms with Crippen LogP contribution >= 0.6 is 23.2 Å². The molecule has 0 amide bonds. The molecule has 0 fully saturated rings. The number of nitrogens with zero attached hydrogens (tertiary/aromatic N) is 3. The monoisotopic (exact) mass is 487 g/mol. The molecule has 0 bridgehead atoms. The molecule has 0 atom stereocenters. The second kappa shape index (κ2) is 9.01. The molecule has 1 aliphatic heterocycles. The Kier molecular flexibility index (Phi) is 5.90. The van der Waals surface area contributed by atoms with Crippen molar-refractivity contribution >= 4 is 51.3 Å². The van der Waals surface area contributed by atoms with Crippen LogP contribution in [0.1, 0.15) is 13.8 Å². The minimum Gasteiger partial charge on any atom is -0.399 e. The highest BCUT2D eigenvalue weighted by Crippen LogP contribution is 2.31. The molecule has 0 aromatic heterocycles. The zero-order chi connectivity index (χ0) is 23.8. The number of anilines is 3. The van der Waals surface area contributed by atoms with Gasteiger partial charge in [-0.05, 0) is 92.7 Å².